The van der Waals surface area contributed by atoms with E-state index in [1.165, 1.54) is 14.2 Å². The molecule has 1 heterocycles. The molecule has 1 amide bonds. The van der Waals surface area contributed by atoms with Crippen molar-refractivity contribution < 1.29 is 14.3 Å². The molecule has 0 saturated carbocycles. The molecule has 0 spiro atoms. The Morgan fingerprint density at radius 3 is 2.52 bits per heavy atom. The summed E-state index contributed by atoms with van der Waals surface area (Å²) < 4.78 is 10.3. The van der Waals surface area contributed by atoms with Crippen LogP contribution in [-0.4, -0.2) is 39.3 Å². The smallest absolute Gasteiger partial charge is 0.268 e. The molecule has 1 atom stereocenters. The van der Waals surface area contributed by atoms with Crippen molar-refractivity contribution in [3.05, 3.63) is 29.1 Å². The van der Waals surface area contributed by atoms with Crippen LogP contribution in [0, 0.1) is 6.57 Å². The minimum Gasteiger partial charge on any atom is -0.508 e. The summed E-state index contributed by atoms with van der Waals surface area (Å²) >= 11 is 0. The van der Waals surface area contributed by atoms with Gasteiger partial charge in [0.05, 0.1) is 20.8 Å². The number of hydrogen-bond donors (Lipinski definition) is 2. The zero-order valence-corrected chi connectivity index (χ0v) is 12.2. The number of nitrogens with zero attached hydrogens (tertiary/aromatic N) is 1. The van der Waals surface area contributed by atoms with Gasteiger partial charge >= 0.3 is 0 Å². The van der Waals surface area contributed by atoms with Crippen molar-refractivity contribution in [1.29, 1.82) is 0 Å². The zero-order valence-electron chi connectivity index (χ0n) is 12.2. The molecule has 0 aliphatic carbocycles. The predicted octanol–water partition coefficient (Wildman–Crippen LogP) is 1.74. The van der Waals surface area contributed by atoms with Crippen LogP contribution in [0.4, 0.5) is 5.69 Å². The lowest BCUT2D eigenvalue weighted by molar-refractivity contribution is 0.0930. The average Bonchev–Trinajstić information content (AvgIpc) is 2.54. The summed E-state index contributed by atoms with van der Waals surface area (Å²) in [5.41, 5.74) is 0.706. The van der Waals surface area contributed by atoms with Gasteiger partial charge in [0.2, 0.25) is 0 Å². The molecule has 21 heavy (non-hydrogen) atoms. The lowest BCUT2D eigenvalue weighted by Gasteiger charge is -2.24. The highest BCUT2D eigenvalue weighted by Gasteiger charge is 2.20. The van der Waals surface area contributed by atoms with Crippen LogP contribution in [0.1, 0.15) is 23.2 Å². The van der Waals surface area contributed by atoms with E-state index in [1.807, 2.05) is 0 Å². The Bertz CT molecular complexity index is 535. The largest absolute Gasteiger partial charge is 0.508 e. The molecule has 1 aliphatic rings. The van der Waals surface area contributed by atoms with Crippen molar-refractivity contribution in [2.75, 3.05) is 27.3 Å². The van der Waals surface area contributed by atoms with E-state index in [2.05, 4.69) is 15.5 Å². The maximum atomic E-state index is 12.3. The number of amides is 1. The van der Waals surface area contributed by atoms with Crippen molar-refractivity contribution in [2.24, 2.45) is 0 Å². The number of carbonyl (C=O) groups excluding carboxylic acids is 1. The Hall–Kier alpha value is -2.26. The van der Waals surface area contributed by atoms with Gasteiger partial charge in [-0.3, -0.25) is 4.79 Å². The fourth-order valence-electron chi connectivity index (χ4n) is 2.38. The number of carbonyl (C=O) groups is 1. The number of methoxy groups -OCH3 is 2. The summed E-state index contributed by atoms with van der Waals surface area (Å²) in [5, 5.41) is 6.24. The van der Waals surface area contributed by atoms with E-state index >= 15 is 0 Å². The molecule has 2 N–H and O–H groups in total. The quantitative estimate of drug-likeness (QED) is 0.829. The maximum absolute atomic E-state index is 12.3. The molecule has 112 valence electrons. The predicted molar refractivity (Wildman–Crippen MR) is 79.2 cm³/mol. The van der Waals surface area contributed by atoms with Crippen molar-refractivity contribution in [3.63, 3.8) is 0 Å². The lowest BCUT2D eigenvalue weighted by atomic mass is 10.1. The second-order valence-electron chi connectivity index (χ2n) is 4.86. The first kappa shape index (κ1) is 15.1. The Labute approximate surface area is 124 Å². The highest BCUT2D eigenvalue weighted by Crippen LogP contribution is 2.38. The van der Waals surface area contributed by atoms with Gasteiger partial charge in [-0.2, -0.15) is 0 Å². The Morgan fingerprint density at radius 2 is 2.05 bits per heavy atom. The molecule has 6 heteroatoms. The third kappa shape index (κ3) is 3.44. The minimum atomic E-state index is -0.183. The number of benzene rings is 1. The molecular weight excluding hydrogens is 270 g/mol. The lowest BCUT2D eigenvalue weighted by Crippen LogP contribution is -2.45. The van der Waals surface area contributed by atoms with Crippen LogP contribution in [-0.2, 0) is 0 Å². The first-order valence-electron chi connectivity index (χ1n) is 6.84. The van der Waals surface area contributed by atoms with E-state index in [4.69, 9.17) is 16.0 Å². The van der Waals surface area contributed by atoms with Gasteiger partial charge in [-0.25, -0.2) is 4.85 Å². The third-order valence-electron chi connectivity index (χ3n) is 3.49. The normalized spacial score (nSPS) is 17.7. The maximum Gasteiger partial charge on any atom is 0.268 e. The topological polar surface area (TPSA) is 64.0 Å². The summed E-state index contributed by atoms with van der Waals surface area (Å²) in [4.78, 5) is 15.7. The molecule has 1 fully saturated rings. The van der Waals surface area contributed by atoms with E-state index < -0.39 is 0 Å². The molecule has 6 nitrogen and oxygen atoms in total. The summed E-state index contributed by atoms with van der Waals surface area (Å²) in [5.74, 6) is 0.504. The SMILES string of the molecule is [C-]#[N+]c1c(OC)cc(C(=O)NC2CCCNC2)cc1OC. The number of piperidine rings is 1. The van der Waals surface area contributed by atoms with Gasteiger partial charge in [-0.1, -0.05) is 0 Å². The van der Waals surface area contributed by atoms with Gasteiger partial charge in [-0.15, -0.1) is 0 Å². The van der Waals surface area contributed by atoms with Crippen molar-refractivity contribution in [1.82, 2.24) is 10.6 Å². The molecule has 1 unspecified atom stereocenters. The molecule has 0 aromatic heterocycles. The first-order valence-corrected chi connectivity index (χ1v) is 6.84. The minimum absolute atomic E-state index is 0.128. The average molecular weight is 289 g/mol. The van der Waals surface area contributed by atoms with E-state index in [0.29, 0.717) is 17.1 Å². The van der Waals surface area contributed by atoms with E-state index in [1.54, 1.807) is 12.1 Å². The first-order chi connectivity index (χ1) is 10.2. The van der Waals surface area contributed by atoms with E-state index in [0.717, 1.165) is 25.9 Å². The van der Waals surface area contributed by atoms with Gasteiger partial charge in [-0.05, 0) is 31.5 Å². The van der Waals surface area contributed by atoms with Gasteiger partial charge in [0.15, 0.2) is 0 Å². The number of nitrogens with one attached hydrogen (secondary N) is 2. The number of hydrogen-bond acceptors (Lipinski definition) is 4. The Kier molecular flexibility index (Phi) is 5.01. The standard InChI is InChI=1S/C15H19N3O3/c1-16-14-12(20-2)7-10(8-13(14)21-3)15(19)18-11-5-4-6-17-9-11/h7-8,11,17H,4-6,9H2,2-3H3,(H,18,19). The fourth-order valence-corrected chi connectivity index (χ4v) is 2.38. The molecule has 0 radical (unpaired) electrons. The van der Waals surface area contributed by atoms with Crippen LogP contribution < -0.4 is 20.1 Å². The van der Waals surface area contributed by atoms with Crippen LogP contribution in [0.3, 0.4) is 0 Å². The van der Waals surface area contributed by atoms with Crippen LogP contribution in [0.25, 0.3) is 4.85 Å². The van der Waals surface area contributed by atoms with E-state index in [9.17, 15) is 4.79 Å². The van der Waals surface area contributed by atoms with E-state index in [-0.39, 0.29) is 17.6 Å². The fraction of sp³-hybridized carbons (Fsp3) is 0.467. The molecule has 1 saturated heterocycles. The Balaban J connectivity index is 2.22. The number of rotatable bonds is 4. The highest BCUT2D eigenvalue weighted by molar-refractivity contribution is 5.96. The molecule has 0 bridgehead atoms. The van der Waals surface area contributed by atoms with Gasteiger partial charge < -0.3 is 20.1 Å². The van der Waals surface area contributed by atoms with Gasteiger partial charge in [0, 0.05) is 18.2 Å². The second kappa shape index (κ2) is 6.95. The summed E-state index contributed by atoms with van der Waals surface area (Å²) in [6.07, 6.45) is 2.02. The van der Waals surface area contributed by atoms with Crippen molar-refractivity contribution in [2.45, 2.75) is 18.9 Å². The van der Waals surface area contributed by atoms with Crippen LogP contribution in [0.5, 0.6) is 11.5 Å². The van der Waals surface area contributed by atoms with Crippen molar-refractivity contribution >= 4 is 11.6 Å². The monoisotopic (exact) mass is 289 g/mol. The van der Waals surface area contributed by atoms with Crippen molar-refractivity contribution in [3.8, 4) is 11.5 Å². The summed E-state index contributed by atoms with van der Waals surface area (Å²) in [6.45, 7) is 8.94. The second-order valence-corrected chi connectivity index (χ2v) is 4.86. The van der Waals surface area contributed by atoms with Crippen LogP contribution >= 0.6 is 0 Å². The van der Waals surface area contributed by atoms with Crippen LogP contribution in [0.2, 0.25) is 0 Å². The molecule has 1 aliphatic heterocycles. The molecular formula is C15H19N3O3. The zero-order chi connectivity index (χ0) is 15.2. The molecule has 2 rings (SSSR count). The molecule has 1 aromatic carbocycles. The summed E-state index contributed by atoms with van der Waals surface area (Å²) in [7, 11) is 2.94. The van der Waals surface area contributed by atoms with Gasteiger partial charge in [0.1, 0.15) is 11.5 Å². The van der Waals surface area contributed by atoms with Crippen LogP contribution in [0.15, 0.2) is 12.1 Å². The Morgan fingerprint density at radius 1 is 1.38 bits per heavy atom. The third-order valence-corrected chi connectivity index (χ3v) is 3.49. The highest BCUT2D eigenvalue weighted by atomic mass is 16.5. The number of ether oxygens (including phenoxy) is 2. The molecule has 1 aromatic rings. The summed E-state index contributed by atoms with van der Waals surface area (Å²) in [6, 6.07) is 3.27. The van der Waals surface area contributed by atoms with Gasteiger partial charge in [0.25, 0.3) is 11.6 Å².